The topological polar surface area (TPSA) is 71.2 Å². The zero-order valence-electron chi connectivity index (χ0n) is 13.3. The molecule has 2 unspecified atom stereocenters. The van der Waals surface area contributed by atoms with E-state index in [0.29, 0.717) is 0 Å². The van der Waals surface area contributed by atoms with Crippen LogP contribution < -0.4 is 4.90 Å². The first kappa shape index (κ1) is 16.8. The molecular weight excluding hydrogens is 356 g/mol. The normalized spacial score (nSPS) is 23.3. The zero-order valence-corrected chi connectivity index (χ0v) is 13.3. The van der Waals surface area contributed by atoms with Crippen molar-refractivity contribution >= 4 is 11.8 Å². The molecule has 1 saturated carbocycles. The van der Waals surface area contributed by atoms with Gasteiger partial charge in [0, 0.05) is 24.8 Å². The lowest BCUT2D eigenvalue weighted by molar-refractivity contribution is 0.0696. The number of nitrogens with zero attached hydrogens (tertiary/aromatic N) is 4. The quantitative estimate of drug-likeness (QED) is 0.820. The van der Waals surface area contributed by atoms with Crippen LogP contribution in [0.3, 0.4) is 0 Å². The van der Waals surface area contributed by atoms with E-state index in [-0.39, 0.29) is 36.6 Å². The summed E-state index contributed by atoms with van der Waals surface area (Å²) in [5.74, 6) is -5.01. The van der Waals surface area contributed by atoms with Crippen molar-refractivity contribution < 1.29 is 27.5 Å². The van der Waals surface area contributed by atoms with E-state index in [1.807, 2.05) is 0 Å². The van der Waals surface area contributed by atoms with Crippen LogP contribution in [0, 0.1) is 11.8 Å². The third-order valence-electron chi connectivity index (χ3n) is 4.94. The van der Waals surface area contributed by atoms with Crippen molar-refractivity contribution in [3.8, 4) is 0 Å². The Hall–Kier alpha value is -2.65. The fourth-order valence-electron chi connectivity index (χ4n) is 3.42. The van der Waals surface area contributed by atoms with Crippen molar-refractivity contribution in [2.45, 2.75) is 18.9 Å². The molecule has 0 aromatic carbocycles. The van der Waals surface area contributed by atoms with Crippen LogP contribution in [0.15, 0.2) is 24.5 Å². The van der Waals surface area contributed by atoms with E-state index in [4.69, 9.17) is 5.11 Å². The molecule has 0 spiro atoms. The Balaban J connectivity index is 1.55. The highest BCUT2D eigenvalue weighted by molar-refractivity contribution is 5.86. The second-order valence-corrected chi connectivity index (χ2v) is 6.54. The van der Waals surface area contributed by atoms with Gasteiger partial charge in [0.15, 0.2) is 0 Å². The van der Waals surface area contributed by atoms with Gasteiger partial charge in [0.2, 0.25) is 0 Å². The van der Waals surface area contributed by atoms with Gasteiger partial charge in [-0.2, -0.15) is 5.10 Å². The number of aromatic nitrogens is 3. The largest absolute Gasteiger partial charge is 0.478 e. The van der Waals surface area contributed by atoms with E-state index in [2.05, 4.69) is 10.1 Å². The highest BCUT2D eigenvalue weighted by Gasteiger charge is 2.71. The number of pyridine rings is 1. The van der Waals surface area contributed by atoms with Crippen LogP contribution in [0.2, 0.25) is 0 Å². The molecule has 1 N–H and O–H groups in total. The Labute approximate surface area is 145 Å². The molecule has 6 nitrogen and oxygen atoms in total. The molecule has 1 saturated heterocycles. The molecule has 4 rings (SSSR count). The maximum absolute atomic E-state index is 13.4. The van der Waals surface area contributed by atoms with Crippen molar-refractivity contribution in [3.63, 3.8) is 0 Å². The first-order chi connectivity index (χ1) is 12.3. The Morgan fingerprint density at radius 2 is 2.00 bits per heavy atom. The van der Waals surface area contributed by atoms with Gasteiger partial charge in [-0.15, -0.1) is 0 Å². The monoisotopic (exact) mass is 370 g/mol. The maximum Gasteiger partial charge on any atom is 0.338 e. The van der Waals surface area contributed by atoms with Crippen molar-refractivity contribution in [2.75, 3.05) is 18.0 Å². The van der Waals surface area contributed by atoms with E-state index >= 15 is 0 Å². The van der Waals surface area contributed by atoms with Gasteiger partial charge in [-0.25, -0.2) is 27.3 Å². The lowest BCUT2D eigenvalue weighted by atomic mass is 10.2. The summed E-state index contributed by atoms with van der Waals surface area (Å²) in [6.45, 7) is 0.144. The Morgan fingerprint density at radius 1 is 1.31 bits per heavy atom. The third-order valence-corrected chi connectivity index (χ3v) is 4.94. The summed E-state index contributed by atoms with van der Waals surface area (Å²) in [5, 5.41) is 12.7. The molecule has 10 heteroatoms. The minimum atomic E-state index is -2.85. The molecule has 3 heterocycles. The number of anilines is 1. The van der Waals surface area contributed by atoms with Crippen LogP contribution in [-0.2, 0) is 6.54 Å². The predicted molar refractivity (Wildman–Crippen MR) is 81.6 cm³/mol. The van der Waals surface area contributed by atoms with Gasteiger partial charge in [-0.1, -0.05) is 6.07 Å². The molecular formula is C16H14F4N4O2. The van der Waals surface area contributed by atoms with E-state index in [0.717, 1.165) is 6.20 Å². The van der Waals surface area contributed by atoms with Crippen LogP contribution in [0.5, 0.6) is 0 Å². The summed E-state index contributed by atoms with van der Waals surface area (Å²) in [5.41, 5.74) is -0.314. The van der Waals surface area contributed by atoms with Gasteiger partial charge in [-0.3, -0.25) is 4.68 Å². The number of fused-ring (bicyclic) bond motifs is 1. The molecule has 0 amide bonds. The van der Waals surface area contributed by atoms with Crippen LogP contribution in [0.25, 0.3) is 0 Å². The average molecular weight is 370 g/mol. The second-order valence-electron chi connectivity index (χ2n) is 6.54. The van der Waals surface area contributed by atoms with Crippen LogP contribution in [-0.4, -0.2) is 44.9 Å². The lowest BCUT2D eigenvalue weighted by Crippen LogP contribution is -2.28. The summed E-state index contributed by atoms with van der Waals surface area (Å²) in [7, 11) is 0. The van der Waals surface area contributed by atoms with Crippen molar-refractivity contribution in [1.82, 2.24) is 14.8 Å². The summed E-state index contributed by atoms with van der Waals surface area (Å²) < 4.78 is 54.6. The second kappa shape index (κ2) is 5.68. The first-order valence-electron chi connectivity index (χ1n) is 7.94. The number of rotatable bonds is 5. The molecule has 1 aliphatic carbocycles. The van der Waals surface area contributed by atoms with E-state index in [1.165, 1.54) is 23.0 Å². The summed E-state index contributed by atoms with van der Waals surface area (Å²) in [6.07, 6.45) is -0.484. The first-order valence-corrected chi connectivity index (χ1v) is 7.94. The van der Waals surface area contributed by atoms with Crippen LogP contribution in [0.1, 0.15) is 28.0 Å². The SMILES string of the molecule is O=C(O)c1cnn(Cc2ccc(N3CC4C(C3)C4(F)F)nc2C(F)F)c1. The summed E-state index contributed by atoms with van der Waals surface area (Å²) in [6, 6.07) is 2.97. The summed E-state index contributed by atoms with van der Waals surface area (Å²) in [4.78, 5) is 16.4. The molecule has 2 aliphatic rings. The molecule has 0 bridgehead atoms. The number of hydrogen-bond acceptors (Lipinski definition) is 4. The number of piperidine rings is 1. The van der Waals surface area contributed by atoms with Gasteiger partial charge in [0.05, 0.1) is 30.1 Å². The molecule has 2 atom stereocenters. The molecule has 26 heavy (non-hydrogen) atoms. The fraction of sp³-hybridized carbons (Fsp3) is 0.438. The lowest BCUT2D eigenvalue weighted by Gasteiger charge is -2.22. The highest BCUT2D eigenvalue weighted by Crippen LogP contribution is 2.59. The van der Waals surface area contributed by atoms with Crippen molar-refractivity contribution in [2.24, 2.45) is 11.8 Å². The third kappa shape index (κ3) is 2.69. The number of alkyl halides is 4. The maximum atomic E-state index is 13.4. The Kier molecular flexibility index (Phi) is 3.67. The minimum Gasteiger partial charge on any atom is -0.478 e. The number of aromatic carboxylic acids is 1. The Bertz CT molecular complexity index is 856. The molecule has 0 radical (unpaired) electrons. The number of halogens is 4. The fourth-order valence-corrected chi connectivity index (χ4v) is 3.42. The number of carboxylic acid groups (broad SMARTS) is 1. The average Bonchev–Trinajstić information content (AvgIpc) is 3.04. The van der Waals surface area contributed by atoms with Gasteiger partial charge in [-0.05, 0) is 6.07 Å². The van der Waals surface area contributed by atoms with Crippen LogP contribution >= 0.6 is 0 Å². The van der Waals surface area contributed by atoms with Gasteiger partial charge in [0.1, 0.15) is 11.5 Å². The van der Waals surface area contributed by atoms with E-state index < -0.39 is 35.8 Å². The smallest absolute Gasteiger partial charge is 0.338 e. The number of hydrogen-bond donors (Lipinski definition) is 1. The van der Waals surface area contributed by atoms with Crippen LogP contribution in [0.4, 0.5) is 23.4 Å². The zero-order chi connectivity index (χ0) is 18.6. The van der Waals surface area contributed by atoms with Gasteiger partial charge >= 0.3 is 5.97 Å². The highest BCUT2D eigenvalue weighted by atomic mass is 19.3. The number of carboxylic acids is 1. The molecule has 138 valence electrons. The Morgan fingerprint density at radius 3 is 2.58 bits per heavy atom. The standard InChI is InChI=1S/C16H14F4N4O2/c17-14(18)13-8(4-24-5-9(3-21-24)15(25)26)1-2-12(22-13)23-6-10-11(7-23)16(10,19)20/h1-3,5,10-11,14H,4,6-7H2,(H,25,26). The number of carbonyl (C=O) groups is 1. The van der Waals surface area contributed by atoms with Gasteiger partial charge in [0.25, 0.3) is 12.3 Å². The van der Waals surface area contributed by atoms with Crippen molar-refractivity contribution in [3.05, 3.63) is 41.3 Å². The predicted octanol–water partition coefficient (Wildman–Crippen LogP) is 2.66. The molecule has 2 fully saturated rings. The minimum absolute atomic E-state index is 0.0506. The molecule has 1 aliphatic heterocycles. The molecule has 2 aromatic heterocycles. The van der Waals surface area contributed by atoms with Crippen molar-refractivity contribution in [1.29, 1.82) is 0 Å². The molecule has 2 aromatic rings. The van der Waals surface area contributed by atoms with E-state index in [9.17, 15) is 22.4 Å². The van der Waals surface area contributed by atoms with Gasteiger partial charge < -0.3 is 10.0 Å². The van der Waals surface area contributed by atoms with E-state index in [1.54, 1.807) is 4.90 Å². The summed E-state index contributed by atoms with van der Waals surface area (Å²) >= 11 is 0.